The number of hydrogen-bond donors (Lipinski definition) is 2. The molecular formula is C11H16O5. The van der Waals surface area contributed by atoms with E-state index in [0.29, 0.717) is 19.3 Å². The molecule has 0 spiro atoms. The van der Waals surface area contributed by atoms with Crippen LogP contribution in [-0.4, -0.2) is 27.9 Å². The first-order chi connectivity index (χ1) is 7.43. The highest BCUT2D eigenvalue weighted by Crippen LogP contribution is 2.41. The number of carboxylic acids is 2. The number of ketones is 1. The third-order valence-corrected chi connectivity index (χ3v) is 3.13. The quantitative estimate of drug-likeness (QED) is 0.743. The van der Waals surface area contributed by atoms with Crippen molar-refractivity contribution < 1.29 is 24.6 Å². The molecule has 1 aliphatic carbocycles. The van der Waals surface area contributed by atoms with E-state index in [-0.39, 0.29) is 31.5 Å². The lowest BCUT2D eigenvalue weighted by Gasteiger charge is -2.34. The summed E-state index contributed by atoms with van der Waals surface area (Å²) in [7, 11) is 0. The Labute approximate surface area is 93.5 Å². The van der Waals surface area contributed by atoms with Gasteiger partial charge in [-0.3, -0.25) is 14.4 Å². The molecule has 0 heterocycles. The molecule has 90 valence electrons. The molecule has 0 bridgehead atoms. The summed E-state index contributed by atoms with van der Waals surface area (Å²) < 4.78 is 0. The van der Waals surface area contributed by atoms with E-state index in [4.69, 9.17) is 10.2 Å². The van der Waals surface area contributed by atoms with Crippen molar-refractivity contribution in [1.82, 2.24) is 0 Å². The van der Waals surface area contributed by atoms with Crippen molar-refractivity contribution in [3.8, 4) is 0 Å². The molecule has 1 atom stereocenters. The summed E-state index contributed by atoms with van der Waals surface area (Å²) in [5.74, 6) is -1.85. The van der Waals surface area contributed by atoms with E-state index in [2.05, 4.69) is 0 Å². The molecule has 0 aromatic carbocycles. The van der Waals surface area contributed by atoms with Gasteiger partial charge in [-0.05, 0) is 24.7 Å². The lowest BCUT2D eigenvalue weighted by Crippen LogP contribution is -2.32. The van der Waals surface area contributed by atoms with Gasteiger partial charge >= 0.3 is 11.9 Å². The second-order valence-corrected chi connectivity index (χ2v) is 4.53. The number of Topliss-reactive ketones (excluding diaryl/α,β-unsaturated/α-hetero) is 1. The van der Waals surface area contributed by atoms with Gasteiger partial charge in [0, 0.05) is 19.3 Å². The molecule has 1 aliphatic rings. The molecule has 0 aromatic heterocycles. The van der Waals surface area contributed by atoms with Gasteiger partial charge in [-0.25, -0.2) is 0 Å². The zero-order valence-corrected chi connectivity index (χ0v) is 9.07. The van der Waals surface area contributed by atoms with Crippen LogP contribution in [0.5, 0.6) is 0 Å². The maximum atomic E-state index is 11.4. The Balaban J connectivity index is 2.70. The van der Waals surface area contributed by atoms with Gasteiger partial charge in [0.05, 0.1) is 6.42 Å². The average Bonchev–Trinajstić information content (AvgIpc) is 2.13. The summed E-state index contributed by atoms with van der Waals surface area (Å²) >= 11 is 0. The van der Waals surface area contributed by atoms with Crippen molar-refractivity contribution in [2.45, 2.75) is 44.9 Å². The molecule has 0 saturated heterocycles. The van der Waals surface area contributed by atoms with Crippen LogP contribution in [0.4, 0.5) is 0 Å². The van der Waals surface area contributed by atoms with Gasteiger partial charge in [0.1, 0.15) is 5.78 Å². The largest absolute Gasteiger partial charge is 0.481 e. The molecule has 1 fully saturated rings. The molecule has 0 unspecified atom stereocenters. The highest BCUT2D eigenvalue weighted by Gasteiger charge is 2.37. The first-order valence-electron chi connectivity index (χ1n) is 5.39. The van der Waals surface area contributed by atoms with Crippen LogP contribution in [0.15, 0.2) is 0 Å². The third kappa shape index (κ3) is 3.64. The fourth-order valence-electron chi connectivity index (χ4n) is 2.40. The van der Waals surface area contributed by atoms with Gasteiger partial charge in [-0.1, -0.05) is 0 Å². The topological polar surface area (TPSA) is 91.7 Å². The number of carbonyl (C=O) groups is 3. The van der Waals surface area contributed by atoms with Crippen LogP contribution in [0.25, 0.3) is 0 Å². The normalized spacial score (nSPS) is 25.4. The molecule has 0 aromatic rings. The first-order valence-corrected chi connectivity index (χ1v) is 5.39. The molecule has 0 radical (unpaired) electrons. The van der Waals surface area contributed by atoms with E-state index in [1.807, 2.05) is 0 Å². The lowest BCUT2D eigenvalue weighted by atomic mass is 9.68. The molecule has 16 heavy (non-hydrogen) atoms. The Hall–Kier alpha value is -1.39. The monoisotopic (exact) mass is 228 g/mol. The van der Waals surface area contributed by atoms with E-state index in [1.54, 1.807) is 0 Å². The van der Waals surface area contributed by atoms with Crippen LogP contribution in [0.2, 0.25) is 0 Å². The molecule has 0 amide bonds. The van der Waals surface area contributed by atoms with E-state index in [0.717, 1.165) is 0 Å². The van der Waals surface area contributed by atoms with Gasteiger partial charge in [0.2, 0.25) is 0 Å². The van der Waals surface area contributed by atoms with Gasteiger partial charge < -0.3 is 10.2 Å². The number of aliphatic carboxylic acids is 2. The highest BCUT2D eigenvalue weighted by atomic mass is 16.4. The Morgan fingerprint density at radius 2 is 1.94 bits per heavy atom. The van der Waals surface area contributed by atoms with E-state index >= 15 is 0 Å². The maximum Gasteiger partial charge on any atom is 0.303 e. The summed E-state index contributed by atoms with van der Waals surface area (Å²) in [5.41, 5.74) is -0.625. The zero-order chi connectivity index (χ0) is 12.2. The van der Waals surface area contributed by atoms with Crippen LogP contribution in [0, 0.1) is 5.41 Å². The van der Waals surface area contributed by atoms with Gasteiger partial charge in [0.15, 0.2) is 0 Å². The maximum absolute atomic E-state index is 11.4. The molecule has 2 N–H and O–H groups in total. The fraction of sp³-hybridized carbons (Fsp3) is 0.727. The Bertz CT molecular complexity index is 305. The predicted octanol–water partition coefficient (Wildman–Crippen LogP) is 1.46. The average molecular weight is 228 g/mol. The minimum Gasteiger partial charge on any atom is -0.481 e. The summed E-state index contributed by atoms with van der Waals surface area (Å²) in [5, 5.41) is 17.4. The summed E-state index contributed by atoms with van der Waals surface area (Å²) in [6.45, 7) is 0. The van der Waals surface area contributed by atoms with Crippen molar-refractivity contribution >= 4 is 17.7 Å². The van der Waals surface area contributed by atoms with Gasteiger partial charge in [-0.15, -0.1) is 0 Å². The second kappa shape index (κ2) is 5.09. The summed E-state index contributed by atoms with van der Waals surface area (Å²) in [4.78, 5) is 32.6. The van der Waals surface area contributed by atoms with Crippen molar-refractivity contribution in [3.63, 3.8) is 0 Å². The Morgan fingerprint density at radius 1 is 1.25 bits per heavy atom. The number of carboxylic acid groups (broad SMARTS) is 2. The van der Waals surface area contributed by atoms with Gasteiger partial charge in [0.25, 0.3) is 0 Å². The molecule has 5 heteroatoms. The smallest absolute Gasteiger partial charge is 0.303 e. The molecule has 0 aliphatic heterocycles. The number of hydrogen-bond acceptors (Lipinski definition) is 3. The molecule has 1 saturated carbocycles. The van der Waals surface area contributed by atoms with E-state index < -0.39 is 17.4 Å². The lowest BCUT2D eigenvalue weighted by molar-refractivity contribution is -0.144. The van der Waals surface area contributed by atoms with Crippen LogP contribution in [0.1, 0.15) is 44.9 Å². The van der Waals surface area contributed by atoms with Gasteiger partial charge in [-0.2, -0.15) is 0 Å². The summed E-state index contributed by atoms with van der Waals surface area (Å²) in [6.07, 6.45) is 2.12. The molecule has 5 nitrogen and oxygen atoms in total. The Morgan fingerprint density at radius 3 is 2.44 bits per heavy atom. The fourth-order valence-corrected chi connectivity index (χ4v) is 2.40. The number of carbonyl (C=O) groups excluding carboxylic acids is 1. The van der Waals surface area contributed by atoms with Crippen LogP contribution < -0.4 is 0 Å². The second-order valence-electron chi connectivity index (χ2n) is 4.53. The predicted molar refractivity (Wildman–Crippen MR) is 55.0 cm³/mol. The van der Waals surface area contributed by atoms with Crippen molar-refractivity contribution in [2.75, 3.05) is 0 Å². The minimum absolute atomic E-state index is 0.0536. The van der Waals surface area contributed by atoms with Crippen LogP contribution >= 0.6 is 0 Å². The van der Waals surface area contributed by atoms with E-state index in [1.165, 1.54) is 0 Å². The minimum atomic E-state index is -0.958. The van der Waals surface area contributed by atoms with Crippen molar-refractivity contribution in [2.24, 2.45) is 5.41 Å². The third-order valence-electron chi connectivity index (χ3n) is 3.13. The number of rotatable bonds is 5. The molecule has 1 rings (SSSR count). The van der Waals surface area contributed by atoms with Crippen molar-refractivity contribution in [1.29, 1.82) is 0 Å². The standard InChI is InChI=1S/C11H16O5/c12-8-2-1-4-11(6-8,7-10(15)16)5-3-9(13)14/h1-7H2,(H,13,14)(H,15,16)/t11-/m0/s1. The zero-order valence-electron chi connectivity index (χ0n) is 9.07. The summed E-state index contributed by atoms with van der Waals surface area (Å²) in [6, 6.07) is 0. The van der Waals surface area contributed by atoms with Crippen molar-refractivity contribution in [3.05, 3.63) is 0 Å². The first kappa shape index (κ1) is 12.7. The Kier molecular flexibility index (Phi) is 4.04. The molecular weight excluding hydrogens is 212 g/mol. The van der Waals surface area contributed by atoms with E-state index in [9.17, 15) is 14.4 Å². The SMILES string of the molecule is O=C(O)CC[C@@]1(CC(=O)O)CCCC(=O)C1. The van der Waals surface area contributed by atoms with Crippen LogP contribution in [-0.2, 0) is 14.4 Å². The van der Waals surface area contributed by atoms with Crippen LogP contribution in [0.3, 0.4) is 0 Å². The highest BCUT2D eigenvalue weighted by molar-refractivity contribution is 5.81.